The van der Waals surface area contributed by atoms with Gasteiger partial charge in [-0.25, -0.2) is 0 Å². The molecule has 2 unspecified atom stereocenters. The minimum atomic E-state index is -0.478. The number of carbonyl (C=O) groups is 1. The highest BCUT2D eigenvalue weighted by Crippen LogP contribution is 2.43. The molecule has 0 amide bonds. The second kappa shape index (κ2) is 6.22. The van der Waals surface area contributed by atoms with E-state index in [1.54, 1.807) is 23.1 Å². The molecular weight excluding hydrogens is 306 g/mol. The average molecular weight is 327 g/mol. The van der Waals surface area contributed by atoms with Crippen LogP contribution in [0.5, 0.6) is 0 Å². The van der Waals surface area contributed by atoms with Gasteiger partial charge in [-0.3, -0.25) is 10.1 Å². The number of thioether (sulfide) groups is 1. The smallest absolute Gasteiger partial charge is 0.326 e. The minimum absolute atomic E-state index is 0.0755. The number of hydrogen-bond donors (Lipinski definition) is 1. The fourth-order valence-corrected chi connectivity index (χ4v) is 5.19. The van der Waals surface area contributed by atoms with Crippen molar-refractivity contribution in [1.29, 1.82) is 0 Å². The van der Waals surface area contributed by atoms with Crippen molar-refractivity contribution in [3.63, 3.8) is 0 Å². The Balaban J connectivity index is 1.66. The largest absolute Gasteiger partial charge is 0.465 e. The van der Waals surface area contributed by atoms with E-state index in [0.717, 1.165) is 28.6 Å². The number of nitrogens with zero attached hydrogens (tertiary/aromatic N) is 2. The van der Waals surface area contributed by atoms with Gasteiger partial charge in [0, 0.05) is 11.3 Å². The van der Waals surface area contributed by atoms with Crippen molar-refractivity contribution in [3.05, 3.63) is 5.01 Å². The molecule has 1 N–H and O–H groups in total. The van der Waals surface area contributed by atoms with Gasteiger partial charge in [0.15, 0.2) is 4.34 Å². The number of ether oxygens (including phenoxy) is 1. The lowest BCUT2D eigenvalue weighted by atomic mass is 9.97. The quantitative estimate of drug-likeness (QED) is 0.810. The van der Waals surface area contributed by atoms with Crippen LogP contribution in [-0.4, -0.2) is 39.6 Å². The third-order valence-electron chi connectivity index (χ3n) is 3.97. The van der Waals surface area contributed by atoms with Crippen LogP contribution in [0.1, 0.15) is 44.0 Å². The average Bonchev–Trinajstić information content (AvgIpc) is 3.01. The SMILES string of the molecule is CCOC(=O)C1(NC2CC2)CCC(Sc2nnc(C)s2)C1. The van der Waals surface area contributed by atoms with Gasteiger partial charge in [-0.05, 0) is 46.0 Å². The molecule has 0 spiro atoms. The molecule has 2 atom stereocenters. The number of hydrogen-bond acceptors (Lipinski definition) is 7. The zero-order chi connectivity index (χ0) is 14.9. The second-order valence-corrected chi connectivity index (χ2v) is 8.52. The first-order chi connectivity index (χ1) is 10.1. The Hall–Kier alpha value is -0.660. The van der Waals surface area contributed by atoms with Crippen LogP contribution in [0, 0.1) is 6.92 Å². The molecule has 0 aliphatic heterocycles. The van der Waals surface area contributed by atoms with Gasteiger partial charge < -0.3 is 4.74 Å². The highest BCUT2D eigenvalue weighted by atomic mass is 32.2. The summed E-state index contributed by atoms with van der Waals surface area (Å²) in [6, 6.07) is 0.502. The van der Waals surface area contributed by atoms with Crippen molar-refractivity contribution in [2.75, 3.05) is 6.61 Å². The first kappa shape index (κ1) is 15.2. The fourth-order valence-electron chi connectivity index (χ4n) is 2.83. The van der Waals surface area contributed by atoms with Crippen LogP contribution in [-0.2, 0) is 9.53 Å². The molecule has 2 aliphatic carbocycles. The maximum atomic E-state index is 12.4. The molecule has 1 aromatic heterocycles. The van der Waals surface area contributed by atoms with E-state index in [1.165, 1.54) is 12.8 Å². The summed E-state index contributed by atoms with van der Waals surface area (Å²) in [4.78, 5) is 12.4. The molecule has 2 aliphatic rings. The van der Waals surface area contributed by atoms with E-state index in [-0.39, 0.29) is 5.97 Å². The molecule has 5 nitrogen and oxygen atoms in total. The molecule has 0 bridgehead atoms. The Morgan fingerprint density at radius 1 is 1.48 bits per heavy atom. The molecule has 2 fully saturated rings. The van der Waals surface area contributed by atoms with Crippen LogP contribution < -0.4 is 5.32 Å². The molecule has 0 radical (unpaired) electrons. The maximum Gasteiger partial charge on any atom is 0.326 e. The molecule has 3 rings (SSSR count). The number of nitrogens with one attached hydrogen (secondary N) is 1. The Bertz CT molecular complexity index is 518. The summed E-state index contributed by atoms with van der Waals surface area (Å²) < 4.78 is 6.33. The van der Waals surface area contributed by atoms with Crippen LogP contribution in [0.4, 0.5) is 0 Å². The lowest BCUT2D eigenvalue weighted by Gasteiger charge is -2.28. The van der Waals surface area contributed by atoms with Gasteiger partial charge in [0.05, 0.1) is 6.61 Å². The Morgan fingerprint density at radius 2 is 2.29 bits per heavy atom. The summed E-state index contributed by atoms with van der Waals surface area (Å²) in [5, 5.41) is 13.2. The highest BCUT2D eigenvalue weighted by molar-refractivity contribution is 8.01. The Kier molecular flexibility index (Phi) is 4.51. The van der Waals surface area contributed by atoms with E-state index in [4.69, 9.17) is 4.74 Å². The van der Waals surface area contributed by atoms with Gasteiger partial charge in [-0.15, -0.1) is 10.2 Å². The number of esters is 1. The molecule has 0 saturated heterocycles. The lowest BCUT2D eigenvalue weighted by Crippen LogP contribution is -2.52. The lowest BCUT2D eigenvalue weighted by molar-refractivity contribution is -0.151. The van der Waals surface area contributed by atoms with Crippen molar-refractivity contribution >= 4 is 29.1 Å². The van der Waals surface area contributed by atoms with Gasteiger partial charge >= 0.3 is 5.97 Å². The first-order valence-corrected chi connectivity index (χ1v) is 9.22. The molecule has 1 aromatic rings. The van der Waals surface area contributed by atoms with Crippen molar-refractivity contribution in [2.45, 2.75) is 67.1 Å². The van der Waals surface area contributed by atoms with Crippen LogP contribution in [0.15, 0.2) is 4.34 Å². The van der Waals surface area contributed by atoms with Gasteiger partial charge in [0.2, 0.25) is 0 Å². The molecular formula is C14H21N3O2S2. The summed E-state index contributed by atoms with van der Waals surface area (Å²) in [7, 11) is 0. The maximum absolute atomic E-state index is 12.4. The first-order valence-electron chi connectivity index (χ1n) is 7.53. The molecule has 2 saturated carbocycles. The standard InChI is InChI=1S/C14H21N3O2S2/c1-3-19-12(18)14(15-10-4-5-10)7-6-11(8-14)21-13-17-16-9(2)20-13/h10-11,15H,3-8H2,1-2H3. The van der Waals surface area contributed by atoms with Gasteiger partial charge in [0.25, 0.3) is 0 Å². The van der Waals surface area contributed by atoms with E-state index in [2.05, 4.69) is 15.5 Å². The molecule has 7 heteroatoms. The van der Waals surface area contributed by atoms with E-state index in [1.807, 2.05) is 13.8 Å². The minimum Gasteiger partial charge on any atom is -0.465 e. The van der Waals surface area contributed by atoms with E-state index in [0.29, 0.717) is 17.9 Å². The summed E-state index contributed by atoms with van der Waals surface area (Å²) in [6.45, 7) is 4.28. The van der Waals surface area contributed by atoms with Crippen molar-refractivity contribution < 1.29 is 9.53 Å². The predicted octanol–water partition coefficient (Wildman–Crippen LogP) is 2.55. The van der Waals surface area contributed by atoms with E-state index < -0.39 is 5.54 Å². The van der Waals surface area contributed by atoms with Crippen LogP contribution in [0.3, 0.4) is 0 Å². The summed E-state index contributed by atoms with van der Waals surface area (Å²) in [5.41, 5.74) is -0.478. The third-order valence-corrected chi connectivity index (χ3v) is 6.16. The van der Waals surface area contributed by atoms with Crippen molar-refractivity contribution in [3.8, 4) is 0 Å². The van der Waals surface area contributed by atoms with Gasteiger partial charge in [-0.2, -0.15) is 0 Å². The summed E-state index contributed by atoms with van der Waals surface area (Å²) in [6.07, 6.45) is 5.05. The topological polar surface area (TPSA) is 64.1 Å². The number of aryl methyl sites for hydroxylation is 1. The number of carbonyl (C=O) groups excluding carboxylic acids is 1. The van der Waals surface area contributed by atoms with Gasteiger partial charge in [0.1, 0.15) is 10.5 Å². The monoisotopic (exact) mass is 327 g/mol. The van der Waals surface area contributed by atoms with Crippen LogP contribution in [0.2, 0.25) is 0 Å². The molecule has 116 valence electrons. The van der Waals surface area contributed by atoms with Crippen molar-refractivity contribution in [2.24, 2.45) is 0 Å². The summed E-state index contributed by atoms with van der Waals surface area (Å²) in [5.74, 6) is -0.0755. The zero-order valence-corrected chi connectivity index (χ0v) is 14.1. The fraction of sp³-hybridized carbons (Fsp3) is 0.786. The number of rotatable bonds is 6. The third kappa shape index (κ3) is 3.57. The second-order valence-electron chi connectivity index (χ2n) is 5.79. The van der Waals surface area contributed by atoms with Crippen LogP contribution >= 0.6 is 23.1 Å². The summed E-state index contributed by atoms with van der Waals surface area (Å²) >= 11 is 3.38. The normalized spacial score (nSPS) is 28.8. The highest BCUT2D eigenvalue weighted by Gasteiger charge is 2.49. The molecule has 0 aromatic carbocycles. The zero-order valence-electron chi connectivity index (χ0n) is 12.4. The van der Waals surface area contributed by atoms with E-state index >= 15 is 0 Å². The van der Waals surface area contributed by atoms with Gasteiger partial charge in [-0.1, -0.05) is 23.1 Å². The Morgan fingerprint density at radius 3 is 2.90 bits per heavy atom. The predicted molar refractivity (Wildman–Crippen MR) is 83.7 cm³/mol. The van der Waals surface area contributed by atoms with Crippen LogP contribution in [0.25, 0.3) is 0 Å². The van der Waals surface area contributed by atoms with Crippen molar-refractivity contribution in [1.82, 2.24) is 15.5 Å². The molecule has 1 heterocycles. The number of aromatic nitrogens is 2. The Labute approximate surface area is 133 Å². The van der Waals surface area contributed by atoms with E-state index in [9.17, 15) is 4.79 Å². The molecule has 21 heavy (non-hydrogen) atoms.